The Labute approximate surface area is 62.2 Å². The minimum atomic E-state index is -4.91. The molecule has 0 spiro atoms. The highest BCUT2D eigenvalue weighted by Gasteiger charge is 2.34. The molecule has 0 bridgehead atoms. The molecule has 0 amide bonds. The summed E-state index contributed by atoms with van der Waals surface area (Å²) in [6.07, 6.45) is -4.91. The van der Waals surface area contributed by atoms with Crippen LogP contribution in [0.2, 0.25) is 0 Å². The van der Waals surface area contributed by atoms with E-state index in [0.29, 0.717) is 9.03 Å². The van der Waals surface area contributed by atoms with Gasteiger partial charge in [0.05, 0.1) is 0 Å². The number of halogens is 3. The zero-order valence-electron chi connectivity index (χ0n) is 5.81. The summed E-state index contributed by atoms with van der Waals surface area (Å²) in [5.41, 5.74) is 0. The van der Waals surface area contributed by atoms with Crippen LogP contribution in [0.5, 0.6) is 0 Å². The highest BCUT2D eigenvalue weighted by molar-refractivity contribution is 7.87. The lowest BCUT2D eigenvalue weighted by molar-refractivity contribution is -0.138. The van der Waals surface area contributed by atoms with Gasteiger partial charge in [0, 0.05) is 14.1 Å². The third-order valence-corrected chi connectivity index (χ3v) is 2.18. The summed E-state index contributed by atoms with van der Waals surface area (Å²) >= 11 is 0. The first kappa shape index (κ1) is 10.7. The maximum absolute atomic E-state index is 11.4. The summed E-state index contributed by atoms with van der Waals surface area (Å²) in [5, 5.41) is 0. The van der Waals surface area contributed by atoms with Crippen molar-refractivity contribution in [2.75, 3.05) is 14.1 Å². The molecule has 4 nitrogen and oxygen atoms in total. The van der Waals surface area contributed by atoms with Crippen molar-refractivity contribution in [2.24, 2.45) is 0 Å². The molecule has 0 rings (SSSR count). The van der Waals surface area contributed by atoms with Gasteiger partial charge in [-0.3, -0.25) is 0 Å². The van der Waals surface area contributed by atoms with Gasteiger partial charge in [0.15, 0.2) is 0 Å². The summed E-state index contributed by atoms with van der Waals surface area (Å²) < 4.78 is 56.0. The molecule has 0 aliphatic rings. The predicted octanol–water partition coefficient (Wildman–Crippen LogP) is -0.0978. The second-order valence-electron chi connectivity index (χ2n) is 1.89. The quantitative estimate of drug-likeness (QED) is 0.621. The standard InChI is InChI=1S/C3H7F3N2O2S/c1-8(2)11(9,10)7-3(4,5)6/h7H,1-2H3. The van der Waals surface area contributed by atoms with Gasteiger partial charge >= 0.3 is 6.30 Å². The molecule has 0 aromatic rings. The van der Waals surface area contributed by atoms with Gasteiger partial charge in [-0.2, -0.15) is 25.9 Å². The SMILES string of the molecule is CN(C)S(=O)(=O)NC(F)(F)F. The Balaban J connectivity index is 4.40. The molecule has 0 aliphatic carbocycles. The first-order valence-electron chi connectivity index (χ1n) is 2.43. The summed E-state index contributed by atoms with van der Waals surface area (Å²) in [7, 11) is -2.41. The lowest BCUT2D eigenvalue weighted by atomic mass is 11.3. The molecule has 1 N–H and O–H groups in total. The van der Waals surface area contributed by atoms with E-state index in [-0.39, 0.29) is 0 Å². The summed E-state index contributed by atoms with van der Waals surface area (Å²) in [4.78, 5) is 0. The lowest BCUT2D eigenvalue weighted by Crippen LogP contribution is -2.43. The zero-order valence-corrected chi connectivity index (χ0v) is 6.62. The van der Waals surface area contributed by atoms with Crippen molar-refractivity contribution < 1.29 is 21.6 Å². The van der Waals surface area contributed by atoms with Crippen LogP contribution in [0, 0.1) is 0 Å². The number of hydrogen-bond acceptors (Lipinski definition) is 2. The van der Waals surface area contributed by atoms with Crippen molar-refractivity contribution in [3.05, 3.63) is 0 Å². The van der Waals surface area contributed by atoms with Crippen molar-refractivity contribution >= 4 is 10.2 Å². The lowest BCUT2D eigenvalue weighted by Gasteiger charge is -2.13. The Bertz CT molecular complexity index is 219. The molecule has 0 saturated heterocycles. The van der Waals surface area contributed by atoms with Crippen molar-refractivity contribution in [2.45, 2.75) is 6.30 Å². The molecule has 0 aromatic heterocycles. The maximum Gasteiger partial charge on any atom is 0.471 e. The molecule has 0 aromatic carbocycles. The molecule has 0 unspecified atom stereocenters. The number of nitrogens with zero attached hydrogens (tertiary/aromatic N) is 1. The minimum Gasteiger partial charge on any atom is -0.195 e. The topological polar surface area (TPSA) is 49.4 Å². The third kappa shape index (κ3) is 4.17. The largest absolute Gasteiger partial charge is 0.471 e. The molecule has 0 saturated carbocycles. The maximum atomic E-state index is 11.4. The van der Waals surface area contributed by atoms with Gasteiger partial charge in [0.25, 0.3) is 10.2 Å². The van der Waals surface area contributed by atoms with Gasteiger partial charge in [-0.15, -0.1) is 4.72 Å². The average Bonchev–Trinajstić information content (AvgIpc) is 1.56. The number of rotatable bonds is 2. The van der Waals surface area contributed by atoms with E-state index in [1.165, 1.54) is 0 Å². The minimum absolute atomic E-state index is 0.431. The Morgan fingerprint density at radius 2 is 1.64 bits per heavy atom. The second kappa shape index (κ2) is 2.95. The van der Waals surface area contributed by atoms with Crippen LogP contribution in [0.1, 0.15) is 0 Å². The average molecular weight is 192 g/mol. The fourth-order valence-corrected chi connectivity index (χ4v) is 0.713. The van der Waals surface area contributed by atoms with Crippen molar-refractivity contribution in [3.63, 3.8) is 0 Å². The fourth-order valence-electron chi connectivity index (χ4n) is 0.238. The third-order valence-electron chi connectivity index (χ3n) is 0.725. The molecule has 11 heavy (non-hydrogen) atoms. The van der Waals surface area contributed by atoms with Gasteiger partial charge in [0.1, 0.15) is 0 Å². The Hall–Kier alpha value is -0.340. The summed E-state index contributed by atoms with van der Waals surface area (Å²) in [6, 6.07) is 0. The molecule has 0 aliphatic heterocycles. The van der Waals surface area contributed by atoms with Crippen LogP contribution < -0.4 is 4.72 Å². The van der Waals surface area contributed by atoms with E-state index in [4.69, 9.17) is 0 Å². The van der Waals surface area contributed by atoms with E-state index in [2.05, 4.69) is 0 Å². The zero-order chi connectivity index (χ0) is 9.28. The van der Waals surface area contributed by atoms with Gasteiger partial charge in [-0.05, 0) is 0 Å². The van der Waals surface area contributed by atoms with E-state index in [0.717, 1.165) is 14.1 Å². The van der Waals surface area contributed by atoms with E-state index >= 15 is 0 Å². The van der Waals surface area contributed by atoms with Crippen LogP contribution in [0.4, 0.5) is 13.2 Å². The number of hydrogen-bond donors (Lipinski definition) is 1. The van der Waals surface area contributed by atoms with E-state index in [1.807, 2.05) is 0 Å². The molecular weight excluding hydrogens is 185 g/mol. The van der Waals surface area contributed by atoms with Gasteiger partial charge in [-0.1, -0.05) is 0 Å². The second-order valence-corrected chi connectivity index (χ2v) is 3.77. The fraction of sp³-hybridized carbons (Fsp3) is 1.00. The van der Waals surface area contributed by atoms with Crippen molar-refractivity contribution in [3.8, 4) is 0 Å². The van der Waals surface area contributed by atoms with Crippen molar-refractivity contribution in [1.29, 1.82) is 0 Å². The highest BCUT2D eigenvalue weighted by Crippen LogP contribution is 2.11. The van der Waals surface area contributed by atoms with Crippen LogP contribution in [-0.2, 0) is 10.2 Å². The smallest absolute Gasteiger partial charge is 0.195 e. The molecule has 0 heterocycles. The normalized spacial score (nSPS) is 14.0. The molecule has 8 heteroatoms. The van der Waals surface area contributed by atoms with Crippen LogP contribution in [0.25, 0.3) is 0 Å². The van der Waals surface area contributed by atoms with Gasteiger partial charge in [0.2, 0.25) is 0 Å². The van der Waals surface area contributed by atoms with Crippen LogP contribution in [0.15, 0.2) is 0 Å². The van der Waals surface area contributed by atoms with E-state index < -0.39 is 16.5 Å². The molecular formula is C3H7F3N2O2S. The number of nitrogens with one attached hydrogen (secondary N) is 1. The molecule has 0 radical (unpaired) electrons. The Morgan fingerprint density at radius 3 is 1.73 bits per heavy atom. The van der Waals surface area contributed by atoms with Gasteiger partial charge < -0.3 is 0 Å². The first-order chi connectivity index (χ1) is 4.65. The highest BCUT2D eigenvalue weighted by atomic mass is 32.2. The molecule has 0 fully saturated rings. The first-order valence-corrected chi connectivity index (χ1v) is 3.87. The molecule has 0 atom stereocenters. The summed E-state index contributed by atoms with van der Waals surface area (Å²) in [6.45, 7) is 0. The monoisotopic (exact) mass is 192 g/mol. The van der Waals surface area contributed by atoms with E-state index in [1.54, 1.807) is 0 Å². The summed E-state index contributed by atoms with van der Waals surface area (Å²) in [5.74, 6) is 0. The van der Waals surface area contributed by atoms with Crippen LogP contribution in [0.3, 0.4) is 0 Å². The predicted molar refractivity (Wildman–Crippen MR) is 31.8 cm³/mol. The van der Waals surface area contributed by atoms with Gasteiger partial charge in [-0.25, -0.2) is 0 Å². The Morgan fingerprint density at radius 1 is 1.27 bits per heavy atom. The van der Waals surface area contributed by atoms with Crippen LogP contribution in [-0.4, -0.2) is 33.1 Å². The molecule has 68 valence electrons. The van der Waals surface area contributed by atoms with Crippen LogP contribution >= 0.6 is 0 Å². The van der Waals surface area contributed by atoms with Crippen molar-refractivity contribution in [1.82, 2.24) is 9.03 Å². The Kier molecular flexibility index (Phi) is 2.86. The number of alkyl halides is 3. The van der Waals surface area contributed by atoms with E-state index in [9.17, 15) is 21.6 Å².